The van der Waals surface area contributed by atoms with E-state index in [1.165, 1.54) is 12.1 Å². The second-order valence-electron chi connectivity index (χ2n) is 3.96. The maximum atomic E-state index is 5.93. The molecule has 0 saturated heterocycles. The summed E-state index contributed by atoms with van der Waals surface area (Å²) in [7, 11) is 0. The first-order chi connectivity index (χ1) is 6.72. The van der Waals surface area contributed by atoms with Crippen LogP contribution in [0.3, 0.4) is 0 Å². The van der Waals surface area contributed by atoms with E-state index in [2.05, 4.69) is 32.6 Å². The van der Waals surface area contributed by atoms with Gasteiger partial charge in [-0.15, -0.1) is 0 Å². The van der Waals surface area contributed by atoms with Crippen LogP contribution < -0.4 is 5.73 Å². The van der Waals surface area contributed by atoms with Gasteiger partial charge in [-0.2, -0.15) is 5.10 Å². The van der Waals surface area contributed by atoms with Gasteiger partial charge in [0.05, 0.1) is 16.4 Å². The molecular formula is C10H16BrN3. The molecule has 3 nitrogen and oxygen atoms in total. The van der Waals surface area contributed by atoms with Crippen molar-refractivity contribution in [3.8, 4) is 0 Å². The molecule has 2 unspecified atom stereocenters. The molecule has 2 N–H and O–H groups in total. The van der Waals surface area contributed by atoms with Gasteiger partial charge >= 0.3 is 0 Å². The van der Waals surface area contributed by atoms with E-state index in [-0.39, 0.29) is 0 Å². The van der Waals surface area contributed by atoms with E-state index in [1.807, 2.05) is 6.20 Å². The van der Waals surface area contributed by atoms with Crippen molar-refractivity contribution in [2.75, 3.05) is 0 Å². The second kappa shape index (κ2) is 4.03. The Labute approximate surface area is 92.8 Å². The Bertz CT molecular complexity index is 321. The summed E-state index contributed by atoms with van der Waals surface area (Å²) in [6.45, 7) is 3.06. The molecule has 1 aromatic heterocycles. The largest absolute Gasteiger partial charge is 0.328 e. The Morgan fingerprint density at radius 3 is 3.00 bits per heavy atom. The van der Waals surface area contributed by atoms with Crippen molar-refractivity contribution in [1.82, 2.24) is 9.78 Å². The number of nitrogens with two attached hydrogens (primary N) is 1. The first-order valence-electron chi connectivity index (χ1n) is 5.19. The van der Waals surface area contributed by atoms with Gasteiger partial charge < -0.3 is 5.73 Å². The third-order valence-electron chi connectivity index (χ3n) is 2.99. The Kier molecular flexibility index (Phi) is 2.93. The molecule has 4 heteroatoms. The van der Waals surface area contributed by atoms with Gasteiger partial charge in [0.25, 0.3) is 0 Å². The summed E-state index contributed by atoms with van der Waals surface area (Å²) in [5.41, 5.74) is 7.26. The number of halogens is 1. The van der Waals surface area contributed by atoms with Crippen LogP contribution in [0.1, 0.15) is 37.8 Å². The van der Waals surface area contributed by atoms with Gasteiger partial charge in [-0.25, -0.2) is 0 Å². The van der Waals surface area contributed by atoms with Crippen LogP contribution in [0, 0.1) is 0 Å². The standard InChI is InChI=1S/C10H16BrN3/c1-2-14-10(9(11)6-13-14)7-3-4-8(12)5-7/h6-8H,2-5,12H2,1H3. The first kappa shape index (κ1) is 10.2. The Morgan fingerprint density at radius 1 is 1.64 bits per heavy atom. The van der Waals surface area contributed by atoms with Gasteiger partial charge in [-0.1, -0.05) is 0 Å². The lowest BCUT2D eigenvalue weighted by Crippen LogP contribution is -2.15. The smallest absolute Gasteiger partial charge is 0.0635 e. The highest BCUT2D eigenvalue weighted by Crippen LogP contribution is 2.37. The maximum absolute atomic E-state index is 5.93. The predicted octanol–water partition coefficient (Wildman–Crippen LogP) is 2.26. The van der Waals surface area contributed by atoms with Crippen LogP contribution in [0.5, 0.6) is 0 Å². The molecule has 0 radical (unpaired) electrons. The molecular weight excluding hydrogens is 242 g/mol. The summed E-state index contributed by atoms with van der Waals surface area (Å²) in [6, 6.07) is 0.382. The molecule has 1 aromatic rings. The van der Waals surface area contributed by atoms with Crippen molar-refractivity contribution >= 4 is 15.9 Å². The maximum Gasteiger partial charge on any atom is 0.0635 e. The summed E-state index contributed by atoms with van der Waals surface area (Å²) >= 11 is 3.56. The van der Waals surface area contributed by atoms with E-state index < -0.39 is 0 Å². The van der Waals surface area contributed by atoms with Crippen molar-refractivity contribution in [3.63, 3.8) is 0 Å². The summed E-state index contributed by atoms with van der Waals surface area (Å²) in [6.07, 6.45) is 5.34. The highest BCUT2D eigenvalue weighted by atomic mass is 79.9. The van der Waals surface area contributed by atoms with Crippen LogP contribution in [0.25, 0.3) is 0 Å². The van der Waals surface area contributed by atoms with Gasteiger partial charge in [0.15, 0.2) is 0 Å². The van der Waals surface area contributed by atoms with E-state index in [1.54, 1.807) is 0 Å². The normalized spacial score (nSPS) is 27.1. The second-order valence-corrected chi connectivity index (χ2v) is 4.82. The van der Waals surface area contributed by atoms with Crippen LogP contribution in [0.2, 0.25) is 0 Å². The van der Waals surface area contributed by atoms with E-state index >= 15 is 0 Å². The fourth-order valence-electron chi connectivity index (χ4n) is 2.29. The fraction of sp³-hybridized carbons (Fsp3) is 0.700. The molecule has 1 fully saturated rings. The highest BCUT2D eigenvalue weighted by Gasteiger charge is 2.27. The van der Waals surface area contributed by atoms with Gasteiger partial charge in [-0.3, -0.25) is 4.68 Å². The summed E-state index contributed by atoms with van der Waals surface area (Å²) in [5, 5.41) is 4.33. The van der Waals surface area contributed by atoms with Crippen molar-refractivity contribution in [2.45, 2.75) is 44.7 Å². The van der Waals surface area contributed by atoms with Crippen LogP contribution in [-0.2, 0) is 6.54 Å². The van der Waals surface area contributed by atoms with E-state index in [0.29, 0.717) is 12.0 Å². The molecule has 2 atom stereocenters. The van der Waals surface area contributed by atoms with E-state index in [4.69, 9.17) is 5.73 Å². The van der Waals surface area contributed by atoms with Crippen LogP contribution in [0.15, 0.2) is 10.7 Å². The lowest BCUT2D eigenvalue weighted by Gasteiger charge is -2.12. The summed E-state index contributed by atoms with van der Waals surface area (Å²) < 4.78 is 3.21. The minimum Gasteiger partial charge on any atom is -0.328 e. The minimum atomic E-state index is 0.382. The molecule has 0 bridgehead atoms. The molecule has 2 rings (SSSR count). The quantitative estimate of drug-likeness (QED) is 0.884. The number of hydrogen-bond donors (Lipinski definition) is 1. The lowest BCUT2D eigenvalue weighted by molar-refractivity contribution is 0.561. The predicted molar refractivity (Wildman–Crippen MR) is 60.2 cm³/mol. The molecule has 0 aliphatic heterocycles. The van der Waals surface area contributed by atoms with Crippen molar-refractivity contribution in [1.29, 1.82) is 0 Å². The van der Waals surface area contributed by atoms with Crippen molar-refractivity contribution in [2.24, 2.45) is 5.73 Å². The van der Waals surface area contributed by atoms with Crippen molar-refractivity contribution in [3.05, 3.63) is 16.4 Å². The van der Waals surface area contributed by atoms with E-state index in [9.17, 15) is 0 Å². The molecule has 0 amide bonds. The van der Waals surface area contributed by atoms with Crippen LogP contribution in [-0.4, -0.2) is 15.8 Å². The first-order valence-corrected chi connectivity index (χ1v) is 5.98. The van der Waals surface area contributed by atoms with Gasteiger partial charge in [-0.05, 0) is 42.1 Å². The topological polar surface area (TPSA) is 43.8 Å². The monoisotopic (exact) mass is 257 g/mol. The number of hydrogen-bond acceptors (Lipinski definition) is 2. The van der Waals surface area contributed by atoms with Gasteiger partial charge in [0.2, 0.25) is 0 Å². The minimum absolute atomic E-state index is 0.382. The third-order valence-corrected chi connectivity index (χ3v) is 3.60. The highest BCUT2D eigenvalue weighted by molar-refractivity contribution is 9.10. The summed E-state index contributed by atoms with van der Waals surface area (Å²) in [4.78, 5) is 0. The van der Waals surface area contributed by atoms with Crippen LogP contribution >= 0.6 is 15.9 Å². The third kappa shape index (κ3) is 1.73. The number of nitrogens with zero attached hydrogens (tertiary/aromatic N) is 2. The molecule has 14 heavy (non-hydrogen) atoms. The molecule has 78 valence electrons. The Balaban J connectivity index is 2.26. The number of aryl methyl sites for hydroxylation is 1. The average Bonchev–Trinajstić information content (AvgIpc) is 2.71. The number of rotatable bonds is 2. The molecule has 1 saturated carbocycles. The van der Waals surface area contributed by atoms with Gasteiger partial charge in [0.1, 0.15) is 0 Å². The molecule has 1 heterocycles. The molecule has 0 spiro atoms. The molecule has 1 aliphatic carbocycles. The SMILES string of the molecule is CCn1ncc(Br)c1C1CCC(N)C1. The van der Waals surface area contributed by atoms with Gasteiger partial charge in [0, 0.05) is 18.5 Å². The molecule has 0 aromatic carbocycles. The zero-order valence-electron chi connectivity index (χ0n) is 8.41. The Morgan fingerprint density at radius 2 is 2.43 bits per heavy atom. The summed E-state index contributed by atoms with van der Waals surface area (Å²) in [5.74, 6) is 0.599. The number of aromatic nitrogens is 2. The van der Waals surface area contributed by atoms with Crippen LogP contribution in [0.4, 0.5) is 0 Å². The lowest BCUT2D eigenvalue weighted by atomic mass is 10.0. The zero-order chi connectivity index (χ0) is 10.1. The average molecular weight is 258 g/mol. The molecule has 1 aliphatic rings. The fourth-order valence-corrected chi connectivity index (χ4v) is 2.91. The van der Waals surface area contributed by atoms with E-state index in [0.717, 1.165) is 23.9 Å². The van der Waals surface area contributed by atoms with Crippen molar-refractivity contribution < 1.29 is 0 Å². The Hall–Kier alpha value is -0.350. The zero-order valence-corrected chi connectivity index (χ0v) is 10.00.